The second-order valence-corrected chi connectivity index (χ2v) is 2.72. The maximum absolute atomic E-state index is 10.4. The number of aromatic amines is 1. The lowest BCUT2D eigenvalue weighted by molar-refractivity contribution is -0.385. The molecule has 0 saturated heterocycles. The van der Waals surface area contributed by atoms with Crippen molar-refractivity contribution < 1.29 is 4.92 Å². The number of pyridine rings is 1. The molecule has 1 N–H and O–H groups in total. The first-order chi connectivity index (χ1) is 6.70. The molecular formula is C9H5N3O2. The summed E-state index contributed by atoms with van der Waals surface area (Å²) in [6, 6.07) is 3.08. The van der Waals surface area contributed by atoms with Gasteiger partial charge in [-0.15, -0.1) is 6.42 Å². The highest BCUT2D eigenvalue weighted by molar-refractivity contribution is 5.79. The van der Waals surface area contributed by atoms with E-state index in [2.05, 4.69) is 15.9 Å². The fourth-order valence-corrected chi connectivity index (χ4v) is 1.18. The van der Waals surface area contributed by atoms with Crippen molar-refractivity contribution in [1.82, 2.24) is 9.97 Å². The summed E-state index contributed by atoms with van der Waals surface area (Å²) in [5.41, 5.74) is 1.08. The molecule has 5 nitrogen and oxygen atoms in total. The zero-order valence-electron chi connectivity index (χ0n) is 7.02. The molecule has 2 rings (SSSR count). The van der Waals surface area contributed by atoms with E-state index in [-0.39, 0.29) is 5.69 Å². The van der Waals surface area contributed by atoms with Crippen molar-refractivity contribution in [3.8, 4) is 12.3 Å². The van der Waals surface area contributed by atoms with Crippen LogP contribution >= 0.6 is 0 Å². The van der Waals surface area contributed by atoms with Crippen LogP contribution in [0.1, 0.15) is 5.69 Å². The fourth-order valence-electron chi connectivity index (χ4n) is 1.18. The maximum atomic E-state index is 10.4. The average Bonchev–Trinajstić information content (AvgIpc) is 2.58. The van der Waals surface area contributed by atoms with Gasteiger partial charge in [0.15, 0.2) is 0 Å². The van der Waals surface area contributed by atoms with Crippen molar-refractivity contribution in [2.45, 2.75) is 0 Å². The Labute approximate surface area is 78.9 Å². The fraction of sp³-hybridized carbons (Fsp3) is 0. The zero-order valence-corrected chi connectivity index (χ0v) is 7.02. The van der Waals surface area contributed by atoms with Crippen molar-refractivity contribution in [2.75, 3.05) is 0 Å². The van der Waals surface area contributed by atoms with Gasteiger partial charge >= 0.3 is 0 Å². The molecular weight excluding hydrogens is 182 g/mol. The summed E-state index contributed by atoms with van der Waals surface area (Å²) in [5.74, 6) is 2.40. The number of nitro groups is 1. The summed E-state index contributed by atoms with van der Waals surface area (Å²) < 4.78 is 0. The van der Waals surface area contributed by atoms with Crippen molar-refractivity contribution in [3.63, 3.8) is 0 Å². The van der Waals surface area contributed by atoms with E-state index < -0.39 is 4.92 Å². The SMILES string of the molecule is C#Cc1cc2cc([N+](=O)[O-])cnc2[nH]1. The van der Waals surface area contributed by atoms with Crippen LogP contribution in [0.15, 0.2) is 18.3 Å². The van der Waals surface area contributed by atoms with Crippen LogP contribution in [0, 0.1) is 22.5 Å². The van der Waals surface area contributed by atoms with Crippen LogP contribution in [0.3, 0.4) is 0 Å². The number of fused-ring (bicyclic) bond motifs is 1. The molecule has 0 aliphatic rings. The van der Waals surface area contributed by atoms with E-state index in [4.69, 9.17) is 6.42 Å². The Balaban J connectivity index is 2.66. The topological polar surface area (TPSA) is 71.8 Å². The normalized spacial score (nSPS) is 9.93. The second-order valence-electron chi connectivity index (χ2n) is 2.72. The van der Waals surface area contributed by atoms with E-state index >= 15 is 0 Å². The molecule has 0 aromatic carbocycles. The van der Waals surface area contributed by atoms with Gasteiger partial charge in [-0.3, -0.25) is 10.1 Å². The second kappa shape index (κ2) is 2.85. The highest BCUT2D eigenvalue weighted by atomic mass is 16.6. The van der Waals surface area contributed by atoms with Gasteiger partial charge in [0.25, 0.3) is 5.69 Å². The van der Waals surface area contributed by atoms with Gasteiger partial charge < -0.3 is 4.98 Å². The third kappa shape index (κ3) is 1.19. The quantitative estimate of drug-likeness (QED) is 0.417. The van der Waals surface area contributed by atoms with Crippen molar-refractivity contribution >= 4 is 16.7 Å². The lowest BCUT2D eigenvalue weighted by Gasteiger charge is -1.89. The Kier molecular flexibility index (Phi) is 1.68. The third-order valence-electron chi connectivity index (χ3n) is 1.82. The Bertz CT molecular complexity index is 551. The first-order valence-corrected chi connectivity index (χ1v) is 3.80. The molecule has 0 spiro atoms. The summed E-state index contributed by atoms with van der Waals surface area (Å²) in [6.07, 6.45) is 6.36. The number of rotatable bonds is 1. The highest BCUT2D eigenvalue weighted by Crippen LogP contribution is 2.18. The molecule has 2 heterocycles. The molecule has 2 aromatic rings. The maximum Gasteiger partial charge on any atom is 0.288 e. The van der Waals surface area contributed by atoms with Gasteiger partial charge in [0.1, 0.15) is 11.8 Å². The highest BCUT2D eigenvalue weighted by Gasteiger charge is 2.08. The van der Waals surface area contributed by atoms with Gasteiger partial charge in [-0.1, -0.05) is 5.92 Å². The molecule has 0 radical (unpaired) electrons. The van der Waals surface area contributed by atoms with Crippen molar-refractivity contribution in [1.29, 1.82) is 0 Å². The number of nitrogens with one attached hydrogen (secondary N) is 1. The van der Waals surface area contributed by atoms with Gasteiger partial charge in [-0.2, -0.15) is 0 Å². The van der Waals surface area contributed by atoms with Crippen molar-refractivity contribution in [2.24, 2.45) is 0 Å². The number of hydrogen-bond acceptors (Lipinski definition) is 3. The smallest absolute Gasteiger partial charge is 0.288 e. The van der Waals surface area contributed by atoms with E-state index in [9.17, 15) is 10.1 Å². The van der Waals surface area contributed by atoms with Crippen LogP contribution in [-0.2, 0) is 0 Å². The molecule has 0 fully saturated rings. The van der Waals surface area contributed by atoms with Crippen LogP contribution in [0.25, 0.3) is 11.0 Å². The monoisotopic (exact) mass is 187 g/mol. The van der Waals surface area contributed by atoms with E-state index in [1.165, 1.54) is 12.3 Å². The van der Waals surface area contributed by atoms with Gasteiger partial charge in [-0.05, 0) is 6.07 Å². The minimum atomic E-state index is -0.491. The summed E-state index contributed by atoms with van der Waals surface area (Å²) in [6.45, 7) is 0. The minimum Gasteiger partial charge on any atom is -0.333 e. The Morgan fingerprint density at radius 1 is 1.57 bits per heavy atom. The molecule has 0 atom stereocenters. The molecule has 0 amide bonds. The van der Waals surface area contributed by atoms with Crippen molar-refractivity contribution in [3.05, 3.63) is 34.1 Å². The van der Waals surface area contributed by atoms with E-state index in [1.807, 2.05) is 0 Å². The average molecular weight is 187 g/mol. The van der Waals surface area contributed by atoms with Crippen LogP contribution in [-0.4, -0.2) is 14.9 Å². The molecule has 0 saturated carbocycles. The summed E-state index contributed by atoms with van der Waals surface area (Å²) in [4.78, 5) is 16.7. The molecule has 2 aromatic heterocycles. The van der Waals surface area contributed by atoms with E-state index in [0.717, 1.165) is 0 Å². The molecule has 68 valence electrons. The first-order valence-electron chi connectivity index (χ1n) is 3.80. The lowest BCUT2D eigenvalue weighted by atomic mass is 10.3. The number of terminal acetylenes is 1. The predicted molar refractivity (Wildman–Crippen MR) is 50.7 cm³/mol. The van der Waals surface area contributed by atoms with Crippen LogP contribution in [0.4, 0.5) is 5.69 Å². The summed E-state index contributed by atoms with van der Waals surface area (Å²) in [7, 11) is 0. The van der Waals surface area contributed by atoms with Crippen LogP contribution in [0.5, 0.6) is 0 Å². The standard InChI is InChI=1S/C9H5N3O2/c1-2-7-3-6-4-8(12(13)14)5-10-9(6)11-7/h1,3-5H,(H,10,11). The third-order valence-corrected chi connectivity index (χ3v) is 1.82. The van der Waals surface area contributed by atoms with Crippen LogP contribution in [0.2, 0.25) is 0 Å². The molecule has 0 unspecified atom stereocenters. The van der Waals surface area contributed by atoms with Gasteiger partial charge in [-0.25, -0.2) is 4.98 Å². The number of aromatic nitrogens is 2. The van der Waals surface area contributed by atoms with Gasteiger partial charge in [0.2, 0.25) is 0 Å². The molecule has 0 aliphatic heterocycles. The molecule has 0 aliphatic carbocycles. The molecule has 5 heteroatoms. The number of hydrogen-bond donors (Lipinski definition) is 1. The Morgan fingerprint density at radius 2 is 2.36 bits per heavy atom. The first kappa shape index (κ1) is 8.26. The Morgan fingerprint density at radius 3 is 3.00 bits per heavy atom. The number of H-pyrrole nitrogens is 1. The Hall–Kier alpha value is -2.35. The molecule has 14 heavy (non-hydrogen) atoms. The number of nitrogens with zero attached hydrogens (tertiary/aromatic N) is 2. The van der Waals surface area contributed by atoms with E-state index in [1.54, 1.807) is 6.07 Å². The van der Waals surface area contributed by atoms with Gasteiger partial charge in [0, 0.05) is 11.5 Å². The molecule has 0 bridgehead atoms. The summed E-state index contributed by atoms with van der Waals surface area (Å²) in [5, 5.41) is 11.1. The minimum absolute atomic E-state index is 0.0416. The predicted octanol–water partition coefficient (Wildman–Crippen LogP) is 1.45. The van der Waals surface area contributed by atoms with Crippen LogP contribution < -0.4 is 0 Å². The van der Waals surface area contributed by atoms with E-state index in [0.29, 0.717) is 16.7 Å². The largest absolute Gasteiger partial charge is 0.333 e. The zero-order chi connectivity index (χ0) is 10.1. The van der Waals surface area contributed by atoms with Gasteiger partial charge in [0.05, 0.1) is 10.6 Å². The summed E-state index contributed by atoms with van der Waals surface area (Å²) >= 11 is 0. The lowest BCUT2D eigenvalue weighted by Crippen LogP contribution is -1.88.